The van der Waals surface area contributed by atoms with E-state index in [4.69, 9.17) is 4.74 Å². The molecule has 0 bridgehead atoms. The number of nitrogens with one attached hydrogen (secondary N) is 1. The van der Waals surface area contributed by atoms with Crippen molar-refractivity contribution in [1.82, 2.24) is 9.97 Å². The molecule has 4 nitrogen and oxygen atoms in total. The summed E-state index contributed by atoms with van der Waals surface area (Å²) < 4.78 is 5.48. The van der Waals surface area contributed by atoms with Crippen molar-refractivity contribution in [3.63, 3.8) is 0 Å². The van der Waals surface area contributed by atoms with Gasteiger partial charge < -0.3 is 9.72 Å². The molecule has 1 aromatic heterocycles. The molecule has 0 aliphatic rings. The van der Waals surface area contributed by atoms with Crippen LogP contribution in [0.25, 0.3) is 11.0 Å². The van der Waals surface area contributed by atoms with Gasteiger partial charge in [-0.25, -0.2) is 4.98 Å². The Hall–Kier alpha value is -2.27. The van der Waals surface area contributed by atoms with Crippen molar-refractivity contribution >= 4 is 29.1 Å². The van der Waals surface area contributed by atoms with Gasteiger partial charge in [0.05, 0.1) is 17.6 Å². The van der Waals surface area contributed by atoms with E-state index in [9.17, 15) is 4.79 Å². The highest BCUT2D eigenvalue weighted by Crippen LogP contribution is 2.28. The Morgan fingerprint density at radius 3 is 2.76 bits per heavy atom. The summed E-state index contributed by atoms with van der Waals surface area (Å²) in [5, 5.41) is 0.817. The van der Waals surface area contributed by atoms with Gasteiger partial charge in [0.25, 0.3) is 0 Å². The predicted octanol–water partition coefficient (Wildman–Crippen LogP) is 3.93. The number of hydrogen-bond acceptors (Lipinski definition) is 4. The summed E-state index contributed by atoms with van der Waals surface area (Å²) in [5.74, 6) is 0.834. The van der Waals surface area contributed by atoms with E-state index in [1.807, 2.05) is 37.3 Å². The zero-order valence-electron chi connectivity index (χ0n) is 11.5. The van der Waals surface area contributed by atoms with Crippen LogP contribution in [0.3, 0.4) is 0 Å². The second-order valence-electron chi connectivity index (χ2n) is 4.44. The van der Waals surface area contributed by atoms with Crippen molar-refractivity contribution in [3.8, 4) is 5.75 Å². The van der Waals surface area contributed by atoms with E-state index in [0.29, 0.717) is 12.2 Å². The standard InChI is InChI=1S/C16H14N2O2S/c1-2-20-12-5-8-14-15(9-12)18-16(17-14)21-13-6-3-11(10-19)4-7-13/h3-10H,2H2,1H3,(H,17,18). The average Bonchev–Trinajstić information content (AvgIpc) is 2.90. The number of rotatable bonds is 5. The summed E-state index contributed by atoms with van der Waals surface area (Å²) in [6, 6.07) is 13.2. The number of imidazole rings is 1. The molecule has 0 atom stereocenters. The summed E-state index contributed by atoms with van der Waals surface area (Å²) in [7, 11) is 0. The lowest BCUT2D eigenvalue weighted by Crippen LogP contribution is -1.90. The van der Waals surface area contributed by atoms with Gasteiger partial charge in [0.1, 0.15) is 12.0 Å². The Balaban J connectivity index is 1.84. The number of ether oxygens (including phenoxy) is 1. The molecule has 1 heterocycles. The van der Waals surface area contributed by atoms with Gasteiger partial charge in [-0.05, 0) is 31.2 Å². The van der Waals surface area contributed by atoms with E-state index >= 15 is 0 Å². The molecule has 3 aromatic rings. The average molecular weight is 298 g/mol. The van der Waals surface area contributed by atoms with Crippen LogP contribution in [-0.4, -0.2) is 22.9 Å². The van der Waals surface area contributed by atoms with Crippen molar-refractivity contribution in [2.75, 3.05) is 6.61 Å². The molecule has 0 amide bonds. The van der Waals surface area contributed by atoms with Gasteiger partial charge >= 0.3 is 0 Å². The van der Waals surface area contributed by atoms with Crippen LogP contribution in [0.5, 0.6) is 5.75 Å². The van der Waals surface area contributed by atoms with Gasteiger partial charge in [-0.1, -0.05) is 23.9 Å². The van der Waals surface area contributed by atoms with Crippen LogP contribution in [0, 0.1) is 0 Å². The molecule has 0 saturated heterocycles. The maximum Gasteiger partial charge on any atom is 0.171 e. The Bertz CT molecular complexity index is 766. The monoisotopic (exact) mass is 298 g/mol. The molecule has 3 rings (SSSR count). The van der Waals surface area contributed by atoms with Gasteiger partial charge in [0, 0.05) is 16.5 Å². The normalized spacial score (nSPS) is 10.7. The van der Waals surface area contributed by atoms with E-state index in [2.05, 4.69) is 9.97 Å². The highest BCUT2D eigenvalue weighted by molar-refractivity contribution is 7.99. The second kappa shape index (κ2) is 6.01. The SMILES string of the molecule is CCOc1ccc2nc(Sc3ccc(C=O)cc3)[nH]c2c1. The van der Waals surface area contributed by atoms with Crippen LogP contribution >= 0.6 is 11.8 Å². The number of fused-ring (bicyclic) bond motifs is 1. The highest BCUT2D eigenvalue weighted by Gasteiger charge is 2.06. The topological polar surface area (TPSA) is 55.0 Å². The molecular formula is C16H14N2O2S. The minimum Gasteiger partial charge on any atom is -0.494 e. The Morgan fingerprint density at radius 2 is 2.05 bits per heavy atom. The molecule has 0 aliphatic heterocycles. The smallest absolute Gasteiger partial charge is 0.171 e. The number of hydrogen-bond donors (Lipinski definition) is 1. The molecule has 0 fully saturated rings. The van der Waals surface area contributed by atoms with Gasteiger partial charge in [-0.2, -0.15) is 0 Å². The Labute approximate surface area is 126 Å². The minimum atomic E-state index is 0.643. The van der Waals surface area contributed by atoms with Crippen LogP contribution in [0.15, 0.2) is 52.5 Å². The molecule has 1 N–H and O–H groups in total. The number of carbonyl (C=O) groups excluding carboxylic acids is 1. The Kier molecular flexibility index (Phi) is 3.92. The van der Waals surface area contributed by atoms with Crippen molar-refractivity contribution in [2.24, 2.45) is 0 Å². The molecule has 5 heteroatoms. The van der Waals surface area contributed by atoms with Crippen molar-refractivity contribution in [1.29, 1.82) is 0 Å². The fourth-order valence-corrected chi connectivity index (χ4v) is 2.80. The lowest BCUT2D eigenvalue weighted by molar-refractivity contribution is 0.112. The van der Waals surface area contributed by atoms with Crippen molar-refractivity contribution in [3.05, 3.63) is 48.0 Å². The van der Waals surface area contributed by atoms with Crippen LogP contribution < -0.4 is 4.74 Å². The first-order valence-electron chi connectivity index (χ1n) is 6.64. The molecule has 0 spiro atoms. The number of carbonyl (C=O) groups is 1. The van der Waals surface area contributed by atoms with Crippen LogP contribution in [0.4, 0.5) is 0 Å². The lowest BCUT2D eigenvalue weighted by Gasteiger charge is -2.00. The highest BCUT2D eigenvalue weighted by atomic mass is 32.2. The number of benzene rings is 2. The molecular weight excluding hydrogens is 284 g/mol. The number of H-pyrrole nitrogens is 1. The molecule has 106 valence electrons. The summed E-state index contributed by atoms with van der Waals surface area (Å²) in [5.41, 5.74) is 2.53. The van der Waals surface area contributed by atoms with E-state index in [1.54, 1.807) is 12.1 Å². The lowest BCUT2D eigenvalue weighted by atomic mass is 10.2. The second-order valence-corrected chi connectivity index (χ2v) is 5.51. The summed E-state index contributed by atoms with van der Waals surface area (Å²) in [4.78, 5) is 19.5. The van der Waals surface area contributed by atoms with Gasteiger partial charge in [0.2, 0.25) is 0 Å². The first kappa shape index (κ1) is 13.7. The zero-order valence-corrected chi connectivity index (χ0v) is 12.3. The maximum absolute atomic E-state index is 10.6. The predicted molar refractivity (Wildman–Crippen MR) is 83.2 cm³/mol. The molecule has 21 heavy (non-hydrogen) atoms. The Morgan fingerprint density at radius 1 is 1.24 bits per heavy atom. The molecule has 0 aliphatic carbocycles. The number of aromatic amines is 1. The van der Waals surface area contributed by atoms with Gasteiger partial charge in [0.15, 0.2) is 5.16 Å². The van der Waals surface area contributed by atoms with Crippen molar-refractivity contribution in [2.45, 2.75) is 17.0 Å². The van der Waals surface area contributed by atoms with E-state index < -0.39 is 0 Å². The number of aromatic nitrogens is 2. The third kappa shape index (κ3) is 3.08. The largest absolute Gasteiger partial charge is 0.494 e. The first-order chi connectivity index (χ1) is 10.3. The third-order valence-electron chi connectivity index (χ3n) is 2.97. The quantitative estimate of drug-likeness (QED) is 0.725. The van der Waals surface area contributed by atoms with Crippen LogP contribution in [0.2, 0.25) is 0 Å². The molecule has 0 unspecified atom stereocenters. The zero-order chi connectivity index (χ0) is 14.7. The molecule has 2 aromatic carbocycles. The van der Waals surface area contributed by atoms with Crippen molar-refractivity contribution < 1.29 is 9.53 Å². The number of nitrogens with zero attached hydrogens (tertiary/aromatic N) is 1. The summed E-state index contributed by atoms with van der Waals surface area (Å²) in [6.07, 6.45) is 0.838. The third-order valence-corrected chi connectivity index (χ3v) is 3.87. The van der Waals surface area contributed by atoms with Gasteiger partial charge in [-0.3, -0.25) is 4.79 Å². The summed E-state index contributed by atoms with van der Waals surface area (Å²) >= 11 is 1.53. The first-order valence-corrected chi connectivity index (χ1v) is 7.46. The molecule has 0 saturated carbocycles. The van der Waals surface area contributed by atoms with E-state index in [0.717, 1.165) is 33.1 Å². The van der Waals surface area contributed by atoms with Gasteiger partial charge in [-0.15, -0.1) is 0 Å². The van der Waals surface area contributed by atoms with E-state index in [-0.39, 0.29) is 0 Å². The minimum absolute atomic E-state index is 0.643. The van der Waals surface area contributed by atoms with Crippen LogP contribution in [-0.2, 0) is 0 Å². The number of aldehydes is 1. The summed E-state index contributed by atoms with van der Waals surface area (Å²) in [6.45, 7) is 2.60. The fourth-order valence-electron chi connectivity index (χ4n) is 2.00. The van der Waals surface area contributed by atoms with E-state index in [1.165, 1.54) is 11.8 Å². The molecule has 0 radical (unpaired) electrons. The van der Waals surface area contributed by atoms with Crippen LogP contribution in [0.1, 0.15) is 17.3 Å². The maximum atomic E-state index is 10.6. The fraction of sp³-hybridized carbons (Fsp3) is 0.125.